The molecule has 1 rings (SSSR count). The van der Waals surface area contributed by atoms with Gasteiger partial charge in [0.25, 0.3) is 0 Å². The fourth-order valence-corrected chi connectivity index (χ4v) is 0.646. The van der Waals surface area contributed by atoms with Crippen LogP contribution in [-0.4, -0.2) is 18.2 Å². The lowest BCUT2D eigenvalue weighted by molar-refractivity contribution is -0.121. The van der Waals surface area contributed by atoms with Gasteiger partial charge in [0.1, 0.15) is 0 Å². The monoisotopic (exact) mass is 112 g/mol. The van der Waals surface area contributed by atoms with E-state index in [1.165, 1.54) is 0 Å². The van der Waals surface area contributed by atoms with E-state index in [-0.39, 0.29) is 5.91 Å². The summed E-state index contributed by atoms with van der Waals surface area (Å²) in [6.45, 7) is 0.457. The molecule has 0 saturated carbocycles. The second kappa shape index (κ2) is 1.94. The van der Waals surface area contributed by atoms with Crippen LogP contribution < -0.4 is 5.32 Å². The molecule has 0 unspecified atom stereocenters. The summed E-state index contributed by atoms with van der Waals surface area (Å²) in [4.78, 5) is 10.4. The molecule has 0 bridgehead atoms. The molecule has 3 heteroatoms. The van der Waals surface area contributed by atoms with Gasteiger partial charge in [0, 0.05) is 12.1 Å². The Labute approximate surface area is 47.6 Å². The smallest absolute Gasteiger partial charge is 0.220 e. The first-order valence-corrected chi connectivity index (χ1v) is 2.62. The Bertz CT molecular complexity index is 102. The summed E-state index contributed by atoms with van der Waals surface area (Å²) in [6, 6.07) is 0. The van der Waals surface area contributed by atoms with Crippen LogP contribution in [0.25, 0.3) is 0 Å². The molecule has 0 aliphatic carbocycles. The van der Waals surface area contributed by atoms with E-state index in [1.807, 2.05) is 0 Å². The number of hydrogen-bond acceptors (Lipinski definition) is 2. The van der Waals surface area contributed by atoms with Crippen molar-refractivity contribution in [3.63, 3.8) is 0 Å². The Morgan fingerprint density at radius 3 is 2.62 bits per heavy atom. The van der Waals surface area contributed by atoms with Gasteiger partial charge in [-0.1, -0.05) is 0 Å². The van der Waals surface area contributed by atoms with Crippen LogP contribution in [0, 0.1) is 5.41 Å². The highest BCUT2D eigenvalue weighted by Gasteiger charge is 2.09. The number of piperidine rings is 1. The topological polar surface area (TPSA) is 53.0 Å². The van der Waals surface area contributed by atoms with Crippen molar-refractivity contribution >= 4 is 11.6 Å². The molecule has 1 aliphatic heterocycles. The molecule has 1 fully saturated rings. The van der Waals surface area contributed by atoms with E-state index < -0.39 is 0 Å². The quantitative estimate of drug-likeness (QED) is 0.452. The third-order valence-electron chi connectivity index (χ3n) is 1.15. The van der Waals surface area contributed by atoms with Crippen LogP contribution in [0.4, 0.5) is 0 Å². The summed E-state index contributed by atoms with van der Waals surface area (Å²) in [7, 11) is 0. The van der Waals surface area contributed by atoms with Crippen LogP contribution in [0.1, 0.15) is 12.8 Å². The van der Waals surface area contributed by atoms with Crippen molar-refractivity contribution in [1.82, 2.24) is 5.32 Å². The number of carbonyl (C=O) groups excluding carboxylic acids is 1. The molecule has 1 heterocycles. The van der Waals surface area contributed by atoms with Crippen LogP contribution in [0.2, 0.25) is 0 Å². The first-order valence-electron chi connectivity index (χ1n) is 2.62. The highest BCUT2D eigenvalue weighted by molar-refractivity contribution is 5.94. The number of carbonyl (C=O) groups is 1. The standard InChI is InChI=1S/C5H8N2O/c6-4-1-2-5(8)7-3-4/h6H,1-3H2,(H,7,8). The minimum atomic E-state index is 0.0704. The van der Waals surface area contributed by atoms with Gasteiger partial charge in [-0.25, -0.2) is 0 Å². The number of amides is 1. The molecule has 1 saturated heterocycles. The van der Waals surface area contributed by atoms with E-state index in [2.05, 4.69) is 5.32 Å². The van der Waals surface area contributed by atoms with Crippen molar-refractivity contribution in [2.45, 2.75) is 12.8 Å². The minimum absolute atomic E-state index is 0.0704. The molecule has 8 heavy (non-hydrogen) atoms. The van der Waals surface area contributed by atoms with Crippen molar-refractivity contribution in [1.29, 1.82) is 5.41 Å². The summed E-state index contributed by atoms with van der Waals surface area (Å²) in [5, 5.41) is 9.63. The SMILES string of the molecule is N=C1CCC(=O)NC1. The molecule has 0 atom stereocenters. The highest BCUT2D eigenvalue weighted by atomic mass is 16.1. The Morgan fingerprint density at radius 1 is 1.50 bits per heavy atom. The zero-order chi connectivity index (χ0) is 5.98. The molecule has 0 aromatic carbocycles. The fourth-order valence-electron chi connectivity index (χ4n) is 0.646. The third kappa shape index (κ3) is 1.05. The maximum Gasteiger partial charge on any atom is 0.220 e. The van der Waals surface area contributed by atoms with E-state index in [9.17, 15) is 4.79 Å². The van der Waals surface area contributed by atoms with Crippen molar-refractivity contribution < 1.29 is 4.79 Å². The average Bonchev–Trinajstić information content (AvgIpc) is 1.77. The number of nitrogens with one attached hydrogen (secondary N) is 2. The third-order valence-corrected chi connectivity index (χ3v) is 1.15. The van der Waals surface area contributed by atoms with Crippen LogP contribution in [0.15, 0.2) is 0 Å². The normalized spacial score (nSPS) is 20.5. The highest BCUT2D eigenvalue weighted by Crippen LogP contribution is 1.95. The lowest BCUT2D eigenvalue weighted by Crippen LogP contribution is -2.34. The first kappa shape index (κ1) is 5.28. The van der Waals surface area contributed by atoms with Crippen molar-refractivity contribution in [3.05, 3.63) is 0 Å². The van der Waals surface area contributed by atoms with Gasteiger partial charge in [0.2, 0.25) is 5.91 Å². The van der Waals surface area contributed by atoms with Crippen LogP contribution in [0.5, 0.6) is 0 Å². The predicted molar refractivity (Wildman–Crippen MR) is 30.0 cm³/mol. The summed E-state index contributed by atoms with van der Waals surface area (Å²) in [5.41, 5.74) is 0.629. The molecule has 0 radical (unpaired) electrons. The largest absolute Gasteiger partial charge is 0.351 e. The van der Waals surface area contributed by atoms with E-state index in [1.54, 1.807) is 0 Å². The molecule has 3 nitrogen and oxygen atoms in total. The predicted octanol–water partition coefficient (Wildman–Crippen LogP) is -0.0838. The van der Waals surface area contributed by atoms with Crippen LogP contribution >= 0.6 is 0 Å². The van der Waals surface area contributed by atoms with Gasteiger partial charge in [-0.3, -0.25) is 4.79 Å². The van der Waals surface area contributed by atoms with Gasteiger partial charge >= 0.3 is 0 Å². The summed E-state index contributed by atoms with van der Waals surface area (Å²) < 4.78 is 0. The zero-order valence-corrected chi connectivity index (χ0v) is 4.53. The van der Waals surface area contributed by atoms with Gasteiger partial charge in [-0.05, 0) is 6.42 Å². The van der Waals surface area contributed by atoms with Gasteiger partial charge < -0.3 is 10.7 Å². The maximum absolute atomic E-state index is 10.4. The van der Waals surface area contributed by atoms with E-state index >= 15 is 0 Å². The number of rotatable bonds is 0. The van der Waals surface area contributed by atoms with Crippen LogP contribution in [-0.2, 0) is 4.79 Å². The van der Waals surface area contributed by atoms with Gasteiger partial charge in [-0.2, -0.15) is 0 Å². The average molecular weight is 112 g/mol. The van der Waals surface area contributed by atoms with Crippen molar-refractivity contribution in [3.8, 4) is 0 Å². The Kier molecular flexibility index (Phi) is 1.28. The molecular formula is C5H8N2O. The Hall–Kier alpha value is -0.860. The van der Waals surface area contributed by atoms with Crippen molar-refractivity contribution in [2.75, 3.05) is 6.54 Å². The fraction of sp³-hybridized carbons (Fsp3) is 0.600. The van der Waals surface area contributed by atoms with Gasteiger partial charge in [-0.15, -0.1) is 0 Å². The van der Waals surface area contributed by atoms with E-state index in [4.69, 9.17) is 5.41 Å². The van der Waals surface area contributed by atoms with Crippen LogP contribution in [0.3, 0.4) is 0 Å². The Balaban J connectivity index is 2.40. The lowest BCUT2D eigenvalue weighted by Gasteiger charge is -2.10. The molecule has 1 aliphatic rings. The number of hydrogen-bond donors (Lipinski definition) is 2. The van der Waals surface area contributed by atoms with Gasteiger partial charge in [0.05, 0.1) is 6.54 Å². The molecule has 2 N–H and O–H groups in total. The molecule has 0 aromatic heterocycles. The molecule has 0 aromatic rings. The van der Waals surface area contributed by atoms with E-state index in [0.29, 0.717) is 25.1 Å². The maximum atomic E-state index is 10.4. The summed E-state index contributed by atoms with van der Waals surface area (Å²) in [5.74, 6) is 0.0704. The minimum Gasteiger partial charge on any atom is -0.351 e. The first-order chi connectivity index (χ1) is 3.79. The second-order valence-electron chi connectivity index (χ2n) is 1.88. The molecule has 0 spiro atoms. The molecule has 1 amide bonds. The Morgan fingerprint density at radius 2 is 2.25 bits per heavy atom. The summed E-state index contributed by atoms with van der Waals surface area (Å²) in [6.07, 6.45) is 1.14. The van der Waals surface area contributed by atoms with Crippen molar-refractivity contribution in [2.24, 2.45) is 0 Å². The molecule has 44 valence electrons. The van der Waals surface area contributed by atoms with E-state index in [0.717, 1.165) is 0 Å². The lowest BCUT2D eigenvalue weighted by atomic mass is 10.1. The summed E-state index contributed by atoms with van der Waals surface area (Å²) >= 11 is 0. The second-order valence-corrected chi connectivity index (χ2v) is 1.88. The molecular weight excluding hydrogens is 104 g/mol. The zero-order valence-electron chi connectivity index (χ0n) is 4.53. The van der Waals surface area contributed by atoms with Gasteiger partial charge in [0.15, 0.2) is 0 Å².